The Hall–Kier alpha value is -1.21. The second-order valence-corrected chi connectivity index (χ2v) is 6.52. The van der Waals surface area contributed by atoms with Gasteiger partial charge in [0.25, 0.3) is 0 Å². The Kier molecular flexibility index (Phi) is 6.88. The molecule has 1 heteroatoms. The molecule has 112 valence electrons. The molecule has 0 atom stereocenters. The summed E-state index contributed by atoms with van der Waals surface area (Å²) in [5.74, 6) is 2.24. The lowest BCUT2D eigenvalue weighted by atomic mass is 10.0. The lowest BCUT2D eigenvalue weighted by molar-refractivity contribution is 0.909. The van der Waals surface area contributed by atoms with E-state index in [4.69, 9.17) is 0 Å². The minimum Gasteiger partial charge on any atom is -0.152 e. The molecular formula is C20H26S. The van der Waals surface area contributed by atoms with Crippen LogP contribution < -0.4 is 0 Å². The first-order valence-electron chi connectivity index (χ1n) is 8.06. The van der Waals surface area contributed by atoms with Gasteiger partial charge in [-0.15, -0.1) is 0 Å². The van der Waals surface area contributed by atoms with Crippen LogP contribution in [-0.2, 0) is 24.3 Å². The molecule has 0 aliphatic heterocycles. The SMILES string of the molecule is CCCc1ccccc1CSCc1ccccc1CCC. The van der Waals surface area contributed by atoms with Gasteiger partial charge in [0, 0.05) is 11.5 Å². The highest BCUT2D eigenvalue weighted by molar-refractivity contribution is 7.97. The lowest BCUT2D eigenvalue weighted by Crippen LogP contribution is -1.94. The van der Waals surface area contributed by atoms with Crippen LogP contribution in [0.4, 0.5) is 0 Å². The number of benzene rings is 2. The fourth-order valence-corrected chi connectivity index (χ4v) is 3.80. The fraction of sp³-hybridized carbons (Fsp3) is 0.400. The van der Waals surface area contributed by atoms with E-state index in [9.17, 15) is 0 Å². The third-order valence-electron chi connectivity index (χ3n) is 3.79. The summed E-state index contributed by atoms with van der Waals surface area (Å²) in [6.45, 7) is 4.51. The monoisotopic (exact) mass is 298 g/mol. The Morgan fingerprint density at radius 2 is 1.00 bits per heavy atom. The van der Waals surface area contributed by atoms with E-state index in [-0.39, 0.29) is 0 Å². The summed E-state index contributed by atoms with van der Waals surface area (Å²) >= 11 is 2.04. The molecule has 0 nitrogen and oxygen atoms in total. The van der Waals surface area contributed by atoms with Crippen molar-refractivity contribution in [3.63, 3.8) is 0 Å². The molecule has 0 saturated heterocycles. The number of hydrogen-bond acceptors (Lipinski definition) is 1. The van der Waals surface area contributed by atoms with E-state index in [1.165, 1.54) is 47.9 Å². The van der Waals surface area contributed by atoms with Gasteiger partial charge in [-0.2, -0.15) is 11.8 Å². The van der Waals surface area contributed by atoms with Crippen LogP contribution >= 0.6 is 11.8 Å². The van der Waals surface area contributed by atoms with Crippen LogP contribution in [0.15, 0.2) is 48.5 Å². The molecule has 0 aliphatic carbocycles. The van der Waals surface area contributed by atoms with E-state index < -0.39 is 0 Å². The molecule has 0 amide bonds. The number of thioether (sulfide) groups is 1. The maximum absolute atomic E-state index is 2.29. The van der Waals surface area contributed by atoms with Crippen LogP contribution in [0, 0.1) is 0 Å². The van der Waals surface area contributed by atoms with Crippen molar-refractivity contribution in [1.82, 2.24) is 0 Å². The van der Waals surface area contributed by atoms with Gasteiger partial charge in [0.15, 0.2) is 0 Å². The topological polar surface area (TPSA) is 0 Å². The van der Waals surface area contributed by atoms with Crippen LogP contribution in [0.5, 0.6) is 0 Å². The molecule has 2 aromatic carbocycles. The minimum atomic E-state index is 1.12. The van der Waals surface area contributed by atoms with Gasteiger partial charge in [0.1, 0.15) is 0 Å². The zero-order valence-corrected chi connectivity index (χ0v) is 14.1. The maximum Gasteiger partial charge on any atom is 0.0190 e. The first-order valence-corrected chi connectivity index (χ1v) is 9.22. The van der Waals surface area contributed by atoms with Crippen molar-refractivity contribution >= 4 is 11.8 Å². The summed E-state index contributed by atoms with van der Waals surface area (Å²) in [5, 5.41) is 0. The number of hydrogen-bond donors (Lipinski definition) is 0. The van der Waals surface area contributed by atoms with Crippen LogP contribution in [0.3, 0.4) is 0 Å². The molecule has 0 heterocycles. The van der Waals surface area contributed by atoms with Gasteiger partial charge in [-0.25, -0.2) is 0 Å². The normalized spacial score (nSPS) is 10.8. The third-order valence-corrected chi connectivity index (χ3v) is 4.82. The highest BCUT2D eigenvalue weighted by Gasteiger charge is 2.04. The van der Waals surface area contributed by atoms with Gasteiger partial charge in [-0.1, -0.05) is 75.2 Å². The second kappa shape index (κ2) is 8.94. The average Bonchev–Trinajstić information content (AvgIpc) is 2.51. The fourth-order valence-electron chi connectivity index (χ4n) is 2.69. The van der Waals surface area contributed by atoms with Crippen molar-refractivity contribution in [1.29, 1.82) is 0 Å². The zero-order chi connectivity index (χ0) is 14.9. The molecule has 0 fully saturated rings. The van der Waals surface area contributed by atoms with E-state index in [0.717, 1.165) is 11.5 Å². The number of aryl methyl sites for hydroxylation is 2. The van der Waals surface area contributed by atoms with E-state index in [2.05, 4.69) is 62.4 Å². The van der Waals surface area contributed by atoms with E-state index in [1.807, 2.05) is 11.8 Å². The minimum absolute atomic E-state index is 1.12. The summed E-state index contributed by atoms with van der Waals surface area (Å²) in [7, 11) is 0. The molecule has 21 heavy (non-hydrogen) atoms. The van der Waals surface area contributed by atoms with Crippen molar-refractivity contribution < 1.29 is 0 Å². The molecular weight excluding hydrogens is 272 g/mol. The predicted molar refractivity (Wildman–Crippen MR) is 95.9 cm³/mol. The van der Waals surface area contributed by atoms with Crippen LogP contribution in [-0.4, -0.2) is 0 Å². The van der Waals surface area contributed by atoms with Gasteiger partial charge < -0.3 is 0 Å². The molecule has 0 bridgehead atoms. The summed E-state index contributed by atoms with van der Waals surface area (Å²) < 4.78 is 0. The van der Waals surface area contributed by atoms with Gasteiger partial charge in [0.2, 0.25) is 0 Å². The van der Waals surface area contributed by atoms with Gasteiger partial charge in [0.05, 0.1) is 0 Å². The van der Waals surface area contributed by atoms with E-state index in [1.54, 1.807) is 0 Å². The Bertz CT molecular complexity index is 496. The quantitative estimate of drug-likeness (QED) is 0.574. The summed E-state index contributed by atoms with van der Waals surface area (Å²) in [6, 6.07) is 17.8. The van der Waals surface area contributed by atoms with Crippen molar-refractivity contribution in [3.05, 3.63) is 70.8 Å². The van der Waals surface area contributed by atoms with Gasteiger partial charge in [-0.3, -0.25) is 0 Å². The molecule has 0 aromatic heterocycles. The molecule has 0 spiro atoms. The van der Waals surface area contributed by atoms with Crippen molar-refractivity contribution in [2.45, 2.75) is 51.0 Å². The maximum atomic E-state index is 2.29. The summed E-state index contributed by atoms with van der Waals surface area (Å²) in [4.78, 5) is 0. The second-order valence-electron chi connectivity index (χ2n) is 5.53. The predicted octanol–water partition coefficient (Wildman–Crippen LogP) is 6.03. The Labute approximate surface area is 134 Å². The van der Waals surface area contributed by atoms with E-state index in [0.29, 0.717) is 0 Å². The highest BCUT2D eigenvalue weighted by atomic mass is 32.2. The van der Waals surface area contributed by atoms with Crippen molar-refractivity contribution in [3.8, 4) is 0 Å². The molecule has 2 aromatic rings. The molecule has 0 saturated carbocycles. The van der Waals surface area contributed by atoms with Gasteiger partial charge in [-0.05, 0) is 35.1 Å². The Balaban J connectivity index is 1.95. The standard InChI is InChI=1S/C20H26S/c1-3-9-17-11-5-7-13-19(17)15-21-16-20-14-8-6-12-18(20)10-4-2/h5-8,11-14H,3-4,9-10,15-16H2,1-2H3. The molecule has 0 N–H and O–H groups in total. The smallest absolute Gasteiger partial charge is 0.0190 e. The van der Waals surface area contributed by atoms with E-state index >= 15 is 0 Å². The first kappa shape index (κ1) is 16.2. The van der Waals surface area contributed by atoms with Crippen LogP contribution in [0.2, 0.25) is 0 Å². The zero-order valence-electron chi connectivity index (χ0n) is 13.3. The average molecular weight is 298 g/mol. The largest absolute Gasteiger partial charge is 0.152 e. The lowest BCUT2D eigenvalue weighted by Gasteiger charge is -2.10. The number of rotatable bonds is 8. The van der Waals surface area contributed by atoms with Crippen LogP contribution in [0.25, 0.3) is 0 Å². The third kappa shape index (κ3) is 4.93. The highest BCUT2D eigenvalue weighted by Crippen LogP contribution is 2.23. The Morgan fingerprint density at radius 1 is 0.619 bits per heavy atom. The summed E-state index contributed by atoms with van der Waals surface area (Å²) in [6.07, 6.45) is 4.84. The molecule has 0 aliphatic rings. The Morgan fingerprint density at radius 3 is 1.38 bits per heavy atom. The van der Waals surface area contributed by atoms with Crippen LogP contribution in [0.1, 0.15) is 48.9 Å². The van der Waals surface area contributed by atoms with Crippen molar-refractivity contribution in [2.75, 3.05) is 0 Å². The summed E-state index contributed by atoms with van der Waals surface area (Å²) in [5.41, 5.74) is 6.07. The molecule has 0 unspecified atom stereocenters. The van der Waals surface area contributed by atoms with Gasteiger partial charge >= 0.3 is 0 Å². The first-order chi connectivity index (χ1) is 10.3. The molecule has 0 radical (unpaired) electrons. The van der Waals surface area contributed by atoms with Crippen molar-refractivity contribution in [2.24, 2.45) is 0 Å². The molecule has 2 rings (SSSR count).